The van der Waals surface area contributed by atoms with E-state index in [2.05, 4.69) is 4.98 Å². The summed E-state index contributed by atoms with van der Waals surface area (Å²) in [5.74, 6) is 0.521. The number of halogens is 3. The zero-order chi connectivity index (χ0) is 15.0. The summed E-state index contributed by atoms with van der Waals surface area (Å²) in [6.45, 7) is 2.65. The topological polar surface area (TPSA) is 17.8 Å². The summed E-state index contributed by atoms with van der Waals surface area (Å²) >= 11 is 11.8. The Morgan fingerprint density at radius 2 is 2.00 bits per heavy atom. The molecule has 0 N–H and O–H groups in total. The van der Waals surface area contributed by atoms with Gasteiger partial charge in [-0.25, -0.2) is 9.37 Å². The lowest BCUT2D eigenvalue weighted by Crippen LogP contribution is -2.05. The molecule has 0 aliphatic heterocycles. The highest BCUT2D eigenvalue weighted by Gasteiger charge is 2.14. The highest BCUT2D eigenvalue weighted by atomic mass is 35.5. The molecule has 0 saturated heterocycles. The first-order valence-electron chi connectivity index (χ1n) is 6.55. The van der Waals surface area contributed by atoms with Crippen LogP contribution in [0, 0.1) is 12.7 Å². The number of fused-ring (bicyclic) bond motifs is 1. The maximum atomic E-state index is 13.8. The lowest BCUT2D eigenvalue weighted by Gasteiger charge is -2.10. The SMILES string of the molecule is Cc1ccccc1Cn1c(CCl)nc2cc(Cl)c(F)cc21. The van der Waals surface area contributed by atoms with Gasteiger partial charge in [0.05, 0.1) is 21.9 Å². The zero-order valence-corrected chi connectivity index (χ0v) is 12.9. The van der Waals surface area contributed by atoms with Gasteiger partial charge < -0.3 is 4.57 Å². The van der Waals surface area contributed by atoms with Crippen LogP contribution in [0.4, 0.5) is 4.39 Å². The predicted molar refractivity (Wildman–Crippen MR) is 84.5 cm³/mol. The van der Waals surface area contributed by atoms with Gasteiger partial charge in [-0.1, -0.05) is 35.9 Å². The number of hydrogen-bond donors (Lipinski definition) is 0. The number of rotatable bonds is 3. The lowest BCUT2D eigenvalue weighted by atomic mass is 10.1. The number of benzene rings is 2. The molecular formula is C16H13Cl2FN2. The van der Waals surface area contributed by atoms with Crippen molar-refractivity contribution < 1.29 is 4.39 Å². The fourth-order valence-corrected chi connectivity index (χ4v) is 2.77. The van der Waals surface area contributed by atoms with Crippen LogP contribution in [-0.4, -0.2) is 9.55 Å². The summed E-state index contributed by atoms with van der Waals surface area (Å²) in [6.07, 6.45) is 0. The Labute approximate surface area is 132 Å². The van der Waals surface area contributed by atoms with Crippen molar-refractivity contribution in [1.29, 1.82) is 0 Å². The third-order valence-electron chi connectivity index (χ3n) is 3.58. The van der Waals surface area contributed by atoms with Gasteiger partial charge in [0, 0.05) is 12.6 Å². The van der Waals surface area contributed by atoms with E-state index in [0.717, 1.165) is 5.56 Å². The second-order valence-corrected chi connectivity index (χ2v) is 5.60. The third-order valence-corrected chi connectivity index (χ3v) is 4.11. The van der Waals surface area contributed by atoms with E-state index in [0.29, 0.717) is 23.4 Å². The van der Waals surface area contributed by atoms with Crippen molar-refractivity contribution in [3.05, 3.63) is 64.2 Å². The van der Waals surface area contributed by atoms with Crippen molar-refractivity contribution in [1.82, 2.24) is 9.55 Å². The number of aryl methyl sites for hydroxylation is 1. The summed E-state index contributed by atoms with van der Waals surface area (Å²) in [4.78, 5) is 4.44. The molecule has 2 aromatic carbocycles. The van der Waals surface area contributed by atoms with Gasteiger partial charge in [-0.05, 0) is 24.1 Å². The minimum Gasteiger partial charge on any atom is -0.322 e. The van der Waals surface area contributed by atoms with Crippen LogP contribution in [0.5, 0.6) is 0 Å². The number of aromatic nitrogens is 2. The highest BCUT2D eigenvalue weighted by molar-refractivity contribution is 6.31. The molecule has 0 unspecified atom stereocenters. The van der Waals surface area contributed by atoms with E-state index in [-0.39, 0.29) is 10.9 Å². The predicted octanol–water partition coefficient (Wildman–Crippen LogP) is 4.92. The van der Waals surface area contributed by atoms with Crippen molar-refractivity contribution in [2.75, 3.05) is 0 Å². The highest BCUT2D eigenvalue weighted by Crippen LogP contribution is 2.25. The smallest absolute Gasteiger partial charge is 0.144 e. The molecule has 0 atom stereocenters. The molecule has 5 heteroatoms. The van der Waals surface area contributed by atoms with Gasteiger partial charge in [0.2, 0.25) is 0 Å². The molecule has 1 aromatic heterocycles. The summed E-state index contributed by atoms with van der Waals surface area (Å²) in [7, 11) is 0. The van der Waals surface area contributed by atoms with Gasteiger partial charge in [-0.2, -0.15) is 0 Å². The number of nitrogens with zero attached hydrogens (tertiary/aromatic N) is 2. The summed E-state index contributed by atoms with van der Waals surface area (Å²) < 4.78 is 15.7. The lowest BCUT2D eigenvalue weighted by molar-refractivity contribution is 0.628. The standard InChI is InChI=1S/C16H13Cl2FN2/c1-10-4-2-3-5-11(10)9-21-15-7-13(19)12(18)6-14(15)20-16(21)8-17/h2-7H,8-9H2,1H3. The fraction of sp³-hybridized carbons (Fsp3) is 0.188. The molecule has 0 radical (unpaired) electrons. The molecule has 0 aliphatic rings. The van der Waals surface area contributed by atoms with Crippen LogP contribution in [0.2, 0.25) is 5.02 Å². The van der Waals surface area contributed by atoms with Gasteiger partial charge in [0.25, 0.3) is 0 Å². The minimum atomic E-state index is -0.448. The molecule has 0 fully saturated rings. The van der Waals surface area contributed by atoms with Gasteiger partial charge in [0.1, 0.15) is 11.6 Å². The van der Waals surface area contributed by atoms with E-state index in [1.165, 1.54) is 17.7 Å². The minimum absolute atomic E-state index is 0.0733. The van der Waals surface area contributed by atoms with E-state index >= 15 is 0 Å². The normalized spacial score (nSPS) is 11.2. The largest absolute Gasteiger partial charge is 0.322 e. The van der Waals surface area contributed by atoms with Crippen LogP contribution in [-0.2, 0) is 12.4 Å². The molecule has 3 rings (SSSR count). The van der Waals surface area contributed by atoms with Crippen LogP contribution in [0.15, 0.2) is 36.4 Å². The molecular weight excluding hydrogens is 310 g/mol. The molecule has 0 bridgehead atoms. The molecule has 0 amide bonds. The summed E-state index contributed by atoms with van der Waals surface area (Å²) in [6, 6.07) is 11.0. The Hall–Kier alpha value is -1.58. The van der Waals surface area contributed by atoms with Crippen molar-refractivity contribution in [2.24, 2.45) is 0 Å². The number of imidazole rings is 1. The molecule has 0 spiro atoms. The Bertz CT molecular complexity index is 811. The van der Waals surface area contributed by atoms with Gasteiger partial charge in [0.15, 0.2) is 0 Å². The van der Waals surface area contributed by atoms with Gasteiger partial charge >= 0.3 is 0 Å². The maximum Gasteiger partial charge on any atom is 0.144 e. The Kier molecular flexibility index (Phi) is 3.87. The second-order valence-electron chi connectivity index (χ2n) is 4.93. The van der Waals surface area contributed by atoms with Crippen LogP contribution in [0.3, 0.4) is 0 Å². The number of hydrogen-bond acceptors (Lipinski definition) is 1. The average Bonchev–Trinajstić information content (AvgIpc) is 2.79. The van der Waals surface area contributed by atoms with Crippen molar-refractivity contribution in [2.45, 2.75) is 19.3 Å². The van der Waals surface area contributed by atoms with E-state index in [1.54, 1.807) is 0 Å². The summed E-state index contributed by atoms with van der Waals surface area (Å²) in [5.41, 5.74) is 3.69. The average molecular weight is 323 g/mol. The van der Waals surface area contributed by atoms with E-state index in [4.69, 9.17) is 23.2 Å². The van der Waals surface area contributed by atoms with Crippen LogP contribution in [0.1, 0.15) is 17.0 Å². The van der Waals surface area contributed by atoms with E-state index in [1.807, 2.05) is 35.8 Å². The molecule has 1 heterocycles. The van der Waals surface area contributed by atoms with Crippen LogP contribution >= 0.6 is 23.2 Å². The molecule has 21 heavy (non-hydrogen) atoms. The van der Waals surface area contributed by atoms with Crippen molar-refractivity contribution >= 4 is 34.2 Å². The Morgan fingerprint density at radius 3 is 2.71 bits per heavy atom. The van der Waals surface area contributed by atoms with Gasteiger partial charge in [-0.15, -0.1) is 11.6 Å². The second kappa shape index (κ2) is 5.66. The first kappa shape index (κ1) is 14.4. The number of alkyl halides is 1. The van der Waals surface area contributed by atoms with Gasteiger partial charge in [-0.3, -0.25) is 0 Å². The Balaban J connectivity index is 2.16. The van der Waals surface area contributed by atoms with Crippen molar-refractivity contribution in [3.8, 4) is 0 Å². The van der Waals surface area contributed by atoms with E-state index < -0.39 is 5.82 Å². The monoisotopic (exact) mass is 322 g/mol. The third kappa shape index (κ3) is 2.63. The molecule has 0 aliphatic carbocycles. The first-order chi connectivity index (χ1) is 10.1. The quantitative estimate of drug-likeness (QED) is 0.625. The molecule has 0 saturated carbocycles. The fourth-order valence-electron chi connectivity index (χ4n) is 2.41. The maximum absolute atomic E-state index is 13.8. The van der Waals surface area contributed by atoms with E-state index in [9.17, 15) is 4.39 Å². The molecule has 3 aromatic rings. The van der Waals surface area contributed by atoms with Crippen LogP contribution in [0.25, 0.3) is 11.0 Å². The Morgan fingerprint density at radius 1 is 1.24 bits per heavy atom. The van der Waals surface area contributed by atoms with Crippen LogP contribution < -0.4 is 0 Å². The zero-order valence-electron chi connectivity index (χ0n) is 11.4. The van der Waals surface area contributed by atoms with Crippen molar-refractivity contribution in [3.63, 3.8) is 0 Å². The first-order valence-corrected chi connectivity index (χ1v) is 7.46. The summed E-state index contributed by atoms with van der Waals surface area (Å²) in [5, 5.41) is 0.0733. The molecule has 108 valence electrons. The molecule has 2 nitrogen and oxygen atoms in total.